The van der Waals surface area contributed by atoms with Gasteiger partial charge >= 0.3 is 0 Å². The number of nitrogens with one attached hydrogen (secondary N) is 2. The van der Waals surface area contributed by atoms with Gasteiger partial charge in [0.1, 0.15) is 0 Å². The van der Waals surface area contributed by atoms with E-state index in [2.05, 4.69) is 17.6 Å². The zero-order valence-corrected chi connectivity index (χ0v) is 9.44. The van der Waals surface area contributed by atoms with Gasteiger partial charge < -0.3 is 10.6 Å². The normalized spacial score (nSPS) is 29.4. The molecule has 0 spiro atoms. The van der Waals surface area contributed by atoms with Crippen molar-refractivity contribution in [2.75, 3.05) is 26.2 Å². The number of rotatable bonds is 6. The lowest BCUT2D eigenvalue weighted by atomic mass is 10.0. The Morgan fingerprint density at radius 2 is 2.29 bits per heavy atom. The lowest BCUT2D eigenvalue weighted by Gasteiger charge is -2.11. The Hall–Kier alpha value is -0.0800. The molecule has 1 atom stereocenters. The fourth-order valence-electron chi connectivity index (χ4n) is 2.26. The van der Waals surface area contributed by atoms with Crippen molar-refractivity contribution in [3.05, 3.63) is 0 Å². The van der Waals surface area contributed by atoms with Crippen molar-refractivity contribution in [1.82, 2.24) is 10.6 Å². The van der Waals surface area contributed by atoms with Crippen molar-refractivity contribution in [2.24, 2.45) is 11.3 Å². The minimum Gasteiger partial charge on any atom is -0.316 e. The van der Waals surface area contributed by atoms with Crippen LogP contribution in [0.4, 0.5) is 0 Å². The van der Waals surface area contributed by atoms with Gasteiger partial charge in [-0.2, -0.15) is 0 Å². The fourth-order valence-corrected chi connectivity index (χ4v) is 2.26. The lowest BCUT2D eigenvalue weighted by molar-refractivity contribution is 0.458. The molecule has 1 saturated heterocycles. The molecule has 1 aliphatic carbocycles. The quantitative estimate of drug-likeness (QED) is 0.633. The molecule has 0 radical (unpaired) electrons. The van der Waals surface area contributed by atoms with E-state index in [0.29, 0.717) is 5.41 Å². The second-order valence-electron chi connectivity index (χ2n) is 5.49. The van der Waals surface area contributed by atoms with Crippen LogP contribution in [0.1, 0.15) is 39.0 Å². The summed E-state index contributed by atoms with van der Waals surface area (Å²) in [6, 6.07) is 0. The topological polar surface area (TPSA) is 24.1 Å². The van der Waals surface area contributed by atoms with Crippen LogP contribution in [0.5, 0.6) is 0 Å². The monoisotopic (exact) mass is 196 g/mol. The molecular weight excluding hydrogens is 172 g/mol. The molecule has 2 heteroatoms. The third kappa shape index (κ3) is 3.25. The summed E-state index contributed by atoms with van der Waals surface area (Å²) in [5, 5.41) is 7.02. The highest BCUT2D eigenvalue weighted by molar-refractivity contribution is 4.90. The van der Waals surface area contributed by atoms with E-state index in [9.17, 15) is 0 Å². The van der Waals surface area contributed by atoms with E-state index < -0.39 is 0 Å². The van der Waals surface area contributed by atoms with Crippen molar-refractivity contribution < 1.29 is 0 Å². The SMILES string of the molecule is CC1(CNCCCC2CCNC2)CC1. The van der Waals surface area contributed by atoms with Crippen molar-refractivity contribution in [3.63, 3.8) is 0 Å². The van der Waals surface area contributed by atoms with Gasteiger partial charge in [-0.25, -0.2) is 0 Å². The standard InChI is InChI=1S/C12H24N2/c1-12(5-6-12)10-14-7-2-3-11-4-8-13-9-11/h11,13-14H,2-10H2,1H3. The summed E-state index contributed by atoms with van der Waals surface area (Å²) in [5.41, 5.74) is 0.676. The summed E-state index contributed by atoms with van der Waals surface area (Å²) in [7, 11) is 0. The van der Waals surface area contributed by atoms with Gasteiger partial charge in [-0.05, 0) is 63.1 Å². The van der Waals surface area contributed by atoms with E-state index in [1.165, 1.54) is 58.3 Å². The van der Waals surface area contributed by atoms with E-state index in [1.54, 1.807) is 0 Å². The number of hydrogen-bond donors (Lipinski definition) is 2. The average Bonchev–Trinajstić information content (AvgIpc) is 2.70. The van der Waals surface area contributed by atoms with Crippen LogP contribution in [0.15, 0.2) is 0 Å². The van der Waals surface area contributed by atoms with Gasteiger partial charge in [0.25, 0.3) is 0 Å². The Kier molecular flexibility index (Phi) is 3.45. The van der Waals surface area contributed by atoms with Gasteiger partial charge in [0, 0.05) is 6.54 Å². The summed E-state index contributed by atoms with van der Waals surface area (Å²) in [6.45, 7) is 7.37. The zero-order valence-electron chi connectivity index (χ0n) is 9.44. The van der Waals surface area contributed by atoms with E-state index >= 15 is 0 Å². The predicted molar refractivity (Wildman–Crippen MR) is 60.4 cm³/mol. The van der Waals surface area contributed by atoms with Crippen LogP contribution in [0.3, 0.4) is 0 Å². The highest BCUT2D eigenvalue weighted by atomic mass is 14.9. The molecule has 1 aliphatic heterocycles. The van der Waals surface area contributed by atoms with Gasteiger partial charge in [-0.1, -0.05) is 6.92 Å². The smallest absolute Gasteiger partial charge is 0.000517 e. The molecular formula is C12H24N2. The molecule has 0 aromatic carbocycles. The summed E-state index contributed by atoms with van der Waals surface area (Å²) < 4.78 is 0. The van der Waals surface area contributed by atoms with E-state index in [1.807, 2.05) is 0 Å². The Morgan fingerprint density at radius 3 is 2.93 bits per heavy atom. The van der Waals surface area contributed by atoms with Crippen molar-refractivity contribution in [1.29, 1.82) is 0 Å². The first-order valence-corrected chi connectivity index (χ1v) is 6.20. The molecule has 1 unspecified atom stereocenters. The second-order valence-corrected chi connectivity index (χ2v) is 5.49. The van der Waals surface area contributed by atoms with Crippen molar-refractivity contribution in [3.8, 4) is 0 Å². The largest absolute Gasteiger partial charge is 0.316 e. The molecule has 1 heterocycles. The minimum atomic E-state index is 0.676. The van der Waals surface area contributed by atoms with Gasteiger partial charge in [0.05, 0.1) is 0 Å². The molecule has 2 rings (SSSR count). The van der Waals surface area contributed by atoms with E-state index in [0.717, 1.165) is 5.92 Å². The van der Waals surface area contributed by atoms with Crippen LogP contribution in [-0.4, -0.2) is 26.2 Å². The molecule has 2 nitrogen and oxygen atoms in total. The Bertz CT molecular complexity index is 169. The molecule has 1 saturated carbocycles. The fraction of sp³-hybridized carbons (Fsp3) is 1.00. The average molecular weight is 196 g/mol. The van der Waals surface area contributed by atoms with Crippen LogP contribution in [0.2, 0.25) is 0 Å². The number of hydrogen-bond acceptors (Lipinski definition) is 2. The van der Waals surface area contributed by atoms with Crippen LogP contribution in [0.25, 0.3) is 0 Å². The molecule has 14 heavy (non-hydrogen) atoms. The molecule has 2 N–H and O–H groups in total. The highest BCUT2D eigenvalue weighted by Gasteiger charge is 2.36. The second kappa shape index (κ2) is 4.63. The first-order chi connectivity index (χ1) is 6.79. The van der Waals surface area contributed by atoms with Gasteiger partial charge in [-0.15, -0.1) is 0 Å². The van der Waals surface area contributed by atoms with E-state index in [-0.39, 0.29) is 0 Å². The Balaban J connectivity index is 1.43. The maximum atomic E-state index is 3.59. The molecule has 0 bridgehead atoms. The summed E-state index contributed by atoms with van der Waals surface area (Å²) in [5.74, 6) is 0.966. The van der Waals surface area contributed by atoms with Gasteiger partial charge in [0.2, 0.25) is 0 Å². The maximum Gasteiger partial charge on any atom is 0.000517 e. The summed E-state index contributed by atoms with van der Waals surface area (Å²) in [6.07, 6.45) is 7.05. The summed E-state index contributed by atoms with van der Waals surface area (Å²) in [4.78, 5) is 0. The van der Waals surface area contributed by atoms with Crippen molar-refractivity contribution >= 4 is 0 Å². The molecule has 0 aromatic heterocycles. The lowest BCUT2D eigenvalue weighted by Crippen LogP contribution is -2.23. The molecule has 0 amide bonds. The highest BCUT2D eigenvalue weighted by Crippen LogP contribution is 2.43. The molecule has 82 valence electrons. The van der Waals surface area contributed by atoms with Gasteiger partial charge in [0.15, 0.2) is 0 Å². The Labute approximate surface area is 87.8 Å². The molecule has 2 aliphatic rings. The van der Waals surface area contributed by atoms with Crippen LogP contribution in [0, 0.1) is 11.3 Å². The molecule has 0 aromatic rings. The third-order valence-electron chi connectivity index (χ3n) is 3.78. The Morgan fingerprint density at radius 1 is 1.43 bits per heavy atom. The van der Waals surface area contributed by atoms with Gasteiger partial charge in [-0.3, -0.25) is 0 Å². The van der Waals surface area contributed by atoms with Crippen molar-refractivity contribution in [2.45, 2.75) is 39.0 Å². The first kappa shape index (κ1) is 10.4. The van der Waals surface area contributed by atoms with Crippen LogP contribution in [-0.2, 0) is 0 Å². The molecule has 2 fully saturated rings. The van der Waals surface area contributed by atoms with Crippen LogP contribution >= 0.6 is 0 Å². The van der Waals surface area contributed by atoms with E-state index in [4.69, 9.17) is 0 Å². The predicted octanol–water partition coefficient (Wildman–Crippen LogP) is 1.77. The maximum absolute atomic E-state index is 3.59. The van der Waals surface area contributed by atoms with Crippen LogP contribution < -0.4 is 10.6 Å². The zero-order chi connectivity index (χ0) is 9.86. The minimum absolute atomic E-state index is 0.676. The first-order valence-electron chi connectivity index (χ1n) is 6.20. The summed E-state index contributed by atoms with van der Waals surface area (Å²) >= 11 is 0. The third-order valence-corrected chi connectivity index (χ3v) is 3.78.